The predicted molar refractivity (Wildman–Crippen MR) is 153 cm³/mol. The highest BCUT2D eigenvalue weighted by molar-refractivity contribution is 7.93. The predicted octanol–water partition coefficient (Wildman–Crippen LogP) is 6.62. The van der Waals surface area contributed by atoms with Gasteiger partial charge in [0.05, 0.1) is 16.1 Å². The number of carboxylic acids is 1. The Morgan fingerprint density at radius 1 is 1.03 bits per heavy atom. The minimum absolute atomic E-state index is 0.0127. The highest BCUT2D eigenvalue weighted by Gasteiger charge is 2.43. The Bertz CT molecular complexity index is 1670. The first-order valence-electron chi connectivity index (χ1n) is 12.1. The van der Waals surface area contributed by atoms with Gasteiger partial charge in [-0.3, -0.25) is 9.10 Å². The van der Waals surface area contributed by atoms with Crippen LogP contribution in [0.1, 0.15) is 44.5 Å². The van der Waals surface area contributed by atoms with Gasteiger partial charge in [0.2, 0.25) is 0 Å². The minimum atomic E-state index is -4.43. The normalized spacial score (nSPS) is 12.9. The molecule has 4 aromatic rings. The Balaban J connectivity index is 1.91. The first-order valence-corrected chi connectivity index (χ1v) is 14.3. The molecular weight excluding hydrogens is 561 g/mol. The summed E-state index contributed by atoms with van der Waals surface area (Å²) in [5.74, 6) is -0.798. The van der Waals surface area contributed by atoms with Crippen molar-refractivity contribution in [2.24, 2.45) is 5.41 Å². The van der Waals surface area contributed by atoms with Crippen molar-refractivity contribution in [3.8, 4) is 5.82 Å². The number of anilines is 1. The van der Waals surface area contributed by atoms with Crippen molar-refractivity contribution < 1.29 is 23.1 Å². The Kier molecular flexibility index (Phi) is 7.80. The standard InChI is InChI=1S/C28H27Cl2N3O5S/c1-5-24(34)18-8-10-31-25(13-18)32-11-9-17-12-21(6-7-23(17)32)33(26(27(35)36)28(2,3)4)39(37,38)22-15-19(29)14-20(30)16-22/h6-16,26H,5H2,1-4H3,(H,35,36). The lowest BCUT2D eigenvalue weighted by molar-refractivity contribution is -0.140. The average Bonchev–Trinajstić information content (AvgIpc) is 3.28. The Labute approximate surface area is 236 Å². The number of benzene rings is 2. The summed E-state index contributed by atoms with van der Waals surface area (Å²) in [6.45, 7) is 6.76. The summed E-state index contributed by atoms with van der Waals surface area (Å²) in [6.07, 6.45) is 3.68. The second kappa shape index (κ2) is 10.6. The average molecular weight is 589 g/mol. The van der Waals surface area contributed by atoms with Gasteiger partial charge in [0.15, 0.2) is 5.78 Å². The van der Waals surface area contributed by atoms with E-state index >= 15 is 0 Å². The zero-order valence-corrected chi connectivity index (χ0v) is 24.0. The molecule has 204 valence electrons. The molecule has 0 bridgehead atoms. The number of carbonyl (C=O) groups excluding carboxylic acids is 1. The van der Waals surface area contributed by atoms with Crippen LogP contribution >= 0.6 is 23.2 Å². The Morgan fingerprint density at radius 2 is 1.69 bits per heavy atom. The number of aliphatic carboxylic acids is 1. The number of hydrogen-bond donors (Lipinski definition) is 1. The van der Waals surface area contributed by atoms with Crippen molar-refractivity contribution in [2.45, 2.75) is 45.1 Å². The molecule has 0 amide bonds. The molecule has 11 heteroatoms. The summed E-state index contributed by atoms with van der Waals surface area (Å²) < 4.78 is 30.7. The van der Waals surface area contributed by atoms with Crippen LogP contribution in [0.15, 0.2) is 71.9 Å². The highest BCUT2D eigenvalue weighted by atomic mass is 35.5. The fraction of sp³-hybridized carbons (Fsp3) is 0.250. The van der Waals surface area contributed by atoms with Crippen LogP contribution in [0.25, 0.3) is 16.7 Å². The molecule has 0 aliphatic carbocycles. The number of rotatable bonds is 8. The number of aromatic nitrogens is 2. The van der Waals surface area contributed by atoms with Crippen LogP contribution in [0.2, 0.25) is 10.0 Å². The number of carbonyl (C=O) groups is 2. The summed E-state index contributed by atoms with van der Waals surface area (Å²) in [5, 5.41) is 11.1. The fourth-order valence-corrected chi connectivity index (χ4v) is 6.94. The number of fused-ring (bicyclic) bond motifs is 1. The summed E-state index contributed by atoms with van der Waals surface area (Å²) in [4.78, 5) is 28.9. The lowest BCUT2D eigenvalue weighted by Gasteiger charge is -2.37. The molecule has 2 heterocycles. The van der Waals surface area contributed by atoms with Gasteiger partial charge < -0.3 is 9.67 Å². The number of pyridine rings is 1. The third-order valence-corrected chi connectivity index (χ3v) is 8.45. The van der Waals surface area contributed by atoms with Crippen molar-refractivity contribution >= 4 is 61.6 Å². The molecule has 1 N–H and O–H groups in total. The SMILES string of the molecule is CCC(=O)c1ccnc(-n2ccc3cc(N(C(C(=O)O)C(C)(C)C)S(=O)(=O)c4cc(Cl)cc(Cl)c4)ccc32)c1. The van der Waals surface area contributed by atoms with E-state index in [0.717, 1.165) is 4.31 Å². The summed E-state index contributed by atoms with van der Waals surface area (Å²) in [7, 11) is -4.43. The van der Waals surface area contributed by atoms with E-state index in [1.165, 1.54) is 18.2 Å². The number of carboxylic acid groups (broad SMARTS) is 1. The zero-order chi connectivity index (χ0) is 28.7. The lowest BCUT2D eigenvalue weighted by atomic mass is 9.86. The van der Waals surface area contributed by atoms with E-state index in [0.29, 0.717) is 28.7 Å². The van der Waals surface area contributed by atoms with E-state index in [-0.39, 0.29) is 26.4 Å². The van der Waals surface area contributed by atoms with Gasteiger partial charge in [0.1, 0.15) is 11.9 Å². The molecule has 8 nitrogen and oxygen atoms in total. The van der Waals surface area contributed by atoms with Gasteiger partial charge in [-0.05, 0) is 60.0 Å². The zero-order valence-electron chi connectivity index (χ0n) is 21.7. The van der Waals surface area contributed by atoms with Gasteiger partial charge in [0, 0.05) is 39.8 Å². The van der Waals surface area contributed by atoms with Crippen molar-refractivity contribution in [1.82, 2.24) is 9.55 Å². The maximum Gasteiger partial charge on any atom is 0.328 e. The minimum Gasteiger partial charge on any atom is -0.480 e. The molecule has 0 spiro atoms. The Hall–Kier alpha value is -3.40. The van der Waals surface area contributed by atoms with E-state index in [1.54, 1.807) is 81.1 Å². The molecule has 0 saturated heterocycles. The molecule has 0 aliphatic heterocycles. The van der Waals surface area contributed by atoms with Crippen LogP contribution in [-0.2, 0) is 14.8 Å². The molecule has 0 radical (unpaired) electrons. The van der Waals surface area contributed by atoms with E-state index in [9.17, 15) is 23.1 Å². The molecular formula is C28H27Cl2N3O5S. The van der Waals surface area contributed by atoms with Gasteiger partial charge >= 0.3 is 5.97 Å². The second-order valence-electron chi connectivity index (χ2n) is 10.1. The number of nitrogens with zero attached hydrogens (tertiary/aromatic N) is 3. The number of hydrogen-bond acceptors (Lipinski definition) is 5. The molecule has 1 atom stereocenters. The van der Waals surface area contributed by atoms with Crippen LogP contribution in [0.5, 0.6) is 0 Å². The molecule has 0 fully saturated rings. The first kappa shape index (κ1) is 28.6. The van der Waals surface area contributed by atoms with Crippen molar-refractivity contribution in [3.05, 3.63) is 82.6 Å². The fourth-order valence-electron chi connectivity index (χ4n) is 4.43. The summed E-state index contributed by atoms with van der Waals surface area (Å²) in [5.41, 5.74) is 0.394. The lowest BCUT2D eigenvalue weighted by Crippen LogP contribution is -2.52. The quantitative estimate of drug-likeness (QED) is 0.232. The van der Waals surface area contributed by atoms with Crippen molar-refractivity contribution in [1.29, 1.82) is 0 Å². The number of halogens is 2. The second-order valence-corrected chi connectivity index (χ2v) is 12.8. The maximum atomic E-state index is 14.0. The third-order valence-electron chi connectivity index (χ3n) is 6.25. The van der Waals surface area contributed by atoms with Crippen LogP contribution < -0.4 is 4.31 Å². The van der Waals surface area contributed by atoms with Crippen molar-refractivity contribution in [3.63, 3.8) is 0 Å². The van der Waals surface area contributed by atoms with Gasteiger partial charge in [-0.25, -0.2) is 18.2 Å². The smallest absolute Gasteiger partial charge is 0.328 e. The van der Waals surface area contributed by atoms with Crippen LogP contribution in [0.4, 0.5) is 5.69 Å². The molecule has 2 aromatic carbocycles. The molecule has 0 aliphatic rings. The number of Topliss-reactive ketones (excluding diaryl/α,β-unsaturated/α-hetero) is 1. The van der Waals surface area contributed by atoms with Gasteiger partial charge in [0.25, 0.3) is 10.0 Å². The molecule has 4 rings (SSSR count). The highest BCUT2D eigenvalue weighted by Crippen LogP contribution is 2.37. The largest absolute Gasteiger partial charge is 0.480 e. The van der Waals surface area contributed by atoms with E-state index < -0.39 is 27.4 Å². The van der Waals surface area contributed by atoms with Crippen LogP contribution in [0.3, 0.4) is 0 Å². The number of sulfonamides is 1. The van der Waals surface area contributed by atoms with Crippen molar-refractivity contribution in [2.75, 3.05) is 4.31 Å². The van der Waals surface area contributed by atoms with Crippen LogP contribution in [-0.4, -0.2) is 40.9 Å². The summed E-state index contributed by atoms with van der Waals surface area (Å²) in [6, 6.07) is 12.4. The topological polar surface area (TPSA) is 110 Å². The van der Waals surface area contributed by atoms with Gasteiger partial charge in [-0.2, -0.15) is 0 Å². The number of ketones is 1. The Morgan fingerprint density at radius 3 is 2.28 bits per heavy atom. The van der Waals surface area contributed by atoms with Crippen LogP contribution in [0, 0.1) is 5.41 Å². The molecule has 2 aromatic heterocycles. The molecule has 1 unspecified atom stereocenters. The van der Waals surface area contributed by atoms with Gasteiger partial charge in [-0.1, -0.05) is 50.9 Å². The van der Waals surface area contributed by atoms with Gasteiger partial charge in [-0.15, -0.1) is 0 Å². The van der Waals surface area contributed by atoms with E-state index in [1.807, 2.05) is 0 Å². The van der Waals surface area contributed by atoms with E-state index in [4.69, 9.17) is 23.2 Å². The molecule has 0 saturated carbocycles. The summed E-state index contributed by atoms with van der Waals surface area (Å²) >= 11 is 12.2. The maximum absolute atomic E-state index is 14.0. The molecule has 39 heavy (non-hydrogen) atoms. The monoisotopic (exact) mass is 587 g/mol. The third kappa shape index (κ3) is 5.66. The first-order chi connectivity index (χ1) is 18.2. The van der Waals surface area contributed by atoms with E-state index in [2.05, 4.69) is 4.98 Å².